The van der Waals surface area contributed by atoms with Crippen LogP contribution in [0.2, 0.25) is 0 Å². The van der Waals surface area contributed by atoms with Crippen molar-refractivity contribution < 1.29 is 17.6 Å². The molecular weight excluding hydrogens is 348 g/mol. The van der Waals surface area contributed by atoms with E-state index < -0.39 is 17.5 Å². The monoisotopic (exact) mass is 362 g/mol. The van der Waals surface area contributed by atoms with Crippen molar-refractivity contribution in [1.82, 2.24) is 9.97 Å². The Morgan fingerprint density at radius 2 is 1.54 bits per heavy atom. The summed E-state index contributed by atoms with van der Waals surface area (Å²) in [5.74, 6) is -3.76. The van der Waals surface area contributed by atoms with E-state index in [2.05, 4.69) is 20.6 Å². The van der Waals surface area contributed by atoms with Crippen LogP contribution in [0.25, 0.3) is 0 Å². The molecule has 4 nitrogen and oxygen atoms in total. The number of rotatable bonds is 6. The predicted octanol–water partition coefficient (Wildman–Crippen LogP) is 4.43. The normalized spacial score (nSPS) is 10.6. The molecule has 26 heavy (non-hydrogen) atoms. The van der Waals surface area contributed by atoms with E-state index in [1.807, 2.05) is 0 Å². The van der Waals surface area contributed by atoms with Crippen molar-refractivity contribution in [1.29, 1.82) is 0 Å². The van der Waals surface area contributed by atoms with E-state index in [4.69, 9.17) is 0 Å². The predicted molar refractivity (Wildman–Crippen MR) is 90.2 cm³/mol. The molecule has 0 saturated heterocycles. The number of hydrogen-bond acceptors (Lipinski definition) is 4. The first-order valence-electron chi connectivity index (χ1n) is 7.74. The highest BCUT2D eigenvalue weighted by Gasteiger charge is 2.13. The quantitative estimate of drug-likeness (QED) is 0.503. The second-order valence-corrected chi connectivity index (χ2v) is 5.44. The van der Waals surface area contributed by atoms with Gasteiger partial charge in [-0.3, -0.25) is 0 Å². The van der Waals surface area contributed by atoms with Gasteiger partial charge in [-0.1, -0.05) is 12.1 Å². The molecule has 1 heterocycles. The molecular formula is C18H14F4N4. The second-order valence-electron chi connectivity index (χ2n) is 5.44. The molecule has 0 atom stereocenters. The lowest BCUT2D eigenvalue weighted by molar-refractivity contribution is 0.449. The summed E-state index contributed by atoms with van der Waals surface area (Å²) in [4.78, 5) is 7.95. The van der Waals surface area contributed by atoms with Gasteiger partial charge in [-0.25, -0.2) is 27.5 Å². The van der Waals surface area contributed by atoms with Crippen LogP contribution >= 0.6 is 0 Å². The van der Waals surface area contributed by atoms with E-state index in [-0.39, 0.29) is 17.3 Å². The van der Waals surface area contributed by atoms with Crippen LogP contribution in [0.5, 0.6) is 0 Å². The summed E-state index contributed by atoms with van der Waals surface area (Å²) in [6.45, 7) is 0.529. The number of nitrogens with one attached hydrogen (secondary N) is 2. The highest BCUT2D eigenvalue weighted by atomic mass is 19.2. The zero-order valence-corrected chi connectivity index (χ0v) is 13.4. The summed E-state index contributed by atoms with van der Waals surface area (Å²) in [7, 11) is 0. The Bertz CT molecular complexity index is 900. The van der Waals surface area contributed by atoms with Crippen LogP contribution < -0.4 is 10.6 Å². The zero-order chi connectivity index (χ0) is 18.5. The molecule has 2 aromatic carbocycles. The van der Waals surface area contributed by atoms with Gasteiger partial charge in [0.15, 0.2) is 17.5 Å². The van der Waals surface area contributed by atoms with Gasteiger partial charge in [0.2, 0.25) is 0 Å². The lowest BCUT2D eigenvalue weighted by Crippen LogP contribution is -2.07. The number of aromatic nitrogens is 2. The highest BCUT2D eigenvalue weighted by molar-refractivity contribution is 5.59. The third-order valence-electron chi connectivity index (χ3n) is 3.60. The number of halogens is 4. The molecule has 3 aromatic rings. The molecule has 0 fully saturated rings. The minimum Gasteiger partial charge on any atom is -0.370 e. The average Bonchev–Trinajstić information content (AvgIpc) is 2.64. The summed E-state index contributed by atoms with van der Waals surface area (Å²) >= 11 is 0. The van der Waals surface area contributed by atoms with Crippen LogP contribution in [0.15, 0.2) is 48.8 Å². The minimum atomic E-state index is -1.55. The van der Waals surface area contributed by atoms with Gasteiger partial charge in [-0.05, 0) is 36.2 Å². The van der Waals surface area contributed by atoms with Crippen LogP contribution in [0.4, 0.5) is 34.9 Å². The van der Waals surface area contributed by atoms with E-state index in [1.165, 1.54) is 24.5 Å². The molecule has 0 unspecified atom stereocenters. The Balaban J connectivity index is 1.63. The molecule has 0 aliphatic heterocycles. The number of hydrogen-bond donors (Lipinski definition) is 2. The van der Waals surface area contributed by atoms with E-state index in [9.17, 15) is 17.6 Å². The van der Waals surface area contributed by atoms with Crippen LogP contribution in [0.1, 0.15) is 5.56 Å². The van der Waals surface area contributed by atoms with Crippen LogP contribution in [0.3, 0.4) is 0 Å². The van der Waals surface area contributed by atoms with Gasteiger partial charge in [-0.15, -0.1) is 0 Å². The Labute approximate surface area is 146 Å². The third-order valence-corrected chi connectivity index (χ3v) is 3.60. The Kier molecular flexibility index (Phi) is 5.31. The summed E-state index contributed by atoms with van der Waals surface area (Å²) in [5, 5.41) is 5.64. The topological polar surface area (TPSA) is 49.8 Å². The van der Waals surface area contributed by atoms with E-state index in [0.717, 1.165) is 17.7 Å². The maximum atomic E-state index is 13.7. The average molecular weight is 362 g/mol. The maximum absolute atomic E-state index is 13.7. The van der Waals surface area contributed by atoms with Gasteiger partial charge in [0, 0.05) is 12.6 Å². The van der Waals surface area contributed by atoms with Crippen molar-refractivity contribution in [2.45, 2.75) is 6.42 Å². The third kappa shape index (κ3) is 4.27. The Morgan fingerprint density at radius 1 is 0.808 bits per heavy atom. The van der Waals surface area contributed by atoms with Gasteiger partial charge in [0.05, 0.1) is 5.69 Å². The first-order chi connectivity index (χ1) is 12.5. The first kappa shape index (κ1) is 17.7. The summed E-state index contributed by atoms with van der Waals surface area (Å²) in [6, 6.07) is 9.56. The Morgan fingerprint density at radius 3 is 2.31 bits per heavy atom. The SMILES string of the molecule is Fc1ccc(CCNc2cc(Nc3ccc(F)c(F)c3F)ncn2)cc1. The van der Waals surface area contributed by atoms with Crippen molar-refractivity contribution in [2.24, 2.45) is 0 Å². The van der Waals surface area contributed by atoms with Crippen LogP contribution in [-0.2, 0) is 6.42 Å². The maximum Gasteiger partial charge on any atom is 0.196 e. The highest BCUT2D eigenvalue weighted by Crippen LogP contribution is 2.23. The molecule has 0 aliphatic carbocycles. The fourth-order valence-corrected chi connectivity index (χ4v) is 2.27. The fraction of sp³-hybridized carbons (Fsp3) is 0.111. The van der Waals surface area contributed by atoms with Crippen molar-refractivity contribution in [3.8, 4) is 0 Å². The molecule has 0 aliphatic rings. The largest absolute Gasteiger partial charge is 0.370 e. The molecule has 2 N–H and O–H groups in total. The molecule has 1 aromatic heterocycles. The molecule has 0 radical (unpaired) electrons. The van der Waals surface area contributed by atoms with Gasteiger partial charge in [0.1, 0.15) is 23.8 Å². The van der Waals surface area contributed by atoms with Crippen LogP contribution in [-0.4, -0.2) is 16.5 Å². The molecule has 0 amide bonds. The molecule has 0 bridgehead atoms. The van der Waals surface area contributed by atoms with Gasteiger partial charge < -0.3 is 10.6 Å². The van der Waals surface area contributed by atoms with Crippen molar-refractivity contribution in [3.63, 3.8) is 0 Å². The molecule has 8 heteroatoms. The minimum absolute atomic E-state index is 0.217. The van der Waals surface area contributed by atoms with Gasteiger partial charge in [0.25, 0.3) is 0 Å². The zero-order valence-electron chi connectivity index (χ0n) is 13.4. The molecule has 0 saturated carbocycles. The standard InChI is InChI=1S/C18H14F4N4/c19-12-3-1-11(2-4-12)7-8-23-15-9-16(25-10-24-15)26-14-6-5-13(20)17(21)18(14)22/h1-6,9-10H,7-8H2,(H2,23,24,25,26). The summed E-state index contributed by atoms with van der Waals surface area (Å²) in [6.07, 6.45) is 1.89. The molecule has 3 rings (SSSR count). The van der Waals surface area contributed by atoms with Crippen molar-refractivity contribution in [2.75, 3.05) is 17.2 Å². The van der Waals surface area contributed by atoms with Gasteiger partial charge >= 0.3 is 0 Å². The van der Waals surface area contributed by atoms with E-state index in [1.54, 1.807) is 12.1 Å². The second kappa shape index (κ2) is 7.81. The number of nitrogens with zero attached hydrogens (tertiary/aromatic N) is 2. The Hall–Kier alpha value is -3.16. The fourth-order valence-electron chi connectivity index (χ4n) is 2.27. The van der Waals surface area contributed by atoms with E-state index in [0.29, 0.717) is 18.8 Å². The van der Waals surface area contributed by atoms with Gasteiger partial charge in [-0.2, -0.15) is 0 Å². The van der Waals surface area contributed by atoms with Crippen molar-refractivity contribution >= 4 is 17.3 Å². The van der Waals surface area contributed by atoms with Crippen molar-refractivity contribution in [3.05, 3.63) is 77.6 Å². The lowest BCUT2D eigenvalue weighted by atomic mass is 10.1. The lowest BCUT2D eigenvalue weighted by Gasteiger charge is -2.10. The molecule has 0 spiro atoms. The van der Waals surface area contributed by atoms with E-state index >= 15 is 0 Å². The van der Waals surface area contributed by atoms with Crippen LogP contribution in [0, 0.1) is 23.3 Å². The first-order valence-corrected chi connectivity index (χ1v) is 7.74. The smallest absolute Gasteiger partial charge is 0.196 e. The molecule has 134 valence electrons. The summed E-state index contributed by atoms with van der Waals surface area (Å²) < 4.78 is 52.8. The summed E-state index contributed by atoms with van der Waals surface area (Å²) in [5.41, 5.74) is 0.718. The number of anilines is 3. The number of benzene rings is 2.